The van der Waals surface area contributed by atoms with Gasteiger partial charge in [0.1, 0.15) is 6.10 Å². The lowest BCUT2D eigenvalue weighted by molar-refractivity contribution is -0.176. The summed E-state index contributed by atoms with van der Waals surface area (Å²) in [5, 5.41) is 32.7. The van der Waals surface area contributed by atoms with E-state index in [4.69, 9.17) is 4.74 Å². The van der Waals surface area contributed by atoms with Gasteiger partial charge >= 0.3 is 5.97 Å². The molecule has 4 rings (SSSR count). The van der Waals surface area contributed by atoms with Crippen LogP contribution < -0.4 is 0 Å². The van der Waals surface area contributed by atoms with Gasteiger partial charge < -0.3 is 20.1 Å². The summed E-state index contributed by atoms with van der Waals surface area (Å²) in [5.74, 6) is 0.212. The van der Waals surface area contributed by atoms with Crippen molar-refractivity contribution in [3.05, 3.63) is 11.6 Å². The van der Waals surface area contributed by atoms with Crippen LogP contribution in [0.4, 0.5) is 0 Å². The fourth-order valence-electron chi connectivity index (χ4n) is 7.04. The van der Waals surface area contributed by atoms with Gasteiger partial charge in [0, 0.05) is 17.4 Å². The van der Waals surface area contributed by atoms with Crippen LogP contribution in [0, 0.1) is 28.1 Å². The highest BCUT2D eigenvalue weighted by atomic mass is 16.5. The first-order chi connectivity index (χ1) is 13.5. The first-order valence-electron chi connectivity index (χ1n) is 11.4. The number of esters is 1. The zero-order valence-corrected chi connectivity index (χ0v) is 18.4. The summed E-state index contributed by atoms with van der Waals surface area (Å²) in [6.07, 6.45) is 7.66. The molecule has 0 aromatic carbocycles. The Morgan fingerprint density at radius 1 is 1.21 bits per heavy atom. The van der Waals surface area contributed by atoms with Gasteiger partial charge in [-0.25, -0.2) is 0 Å². The molecule has 0 aromatic rings. The van der Waals surface area contributed by atoms with Crippen molar-refractivity contribution in [3.63, 3.8) is 0 Å². The maximum Gasteiger partial charge on any atom is 0.311 e. The molecular weight excluding hydrogens is 368 g/mol. The molecule has 4 aliphatic rings. The van der Waals surface area contributed by atoms with Crippen molar-refractivity contribution >= 4 is 5.97 Å². The number of hydrogen-bond donors (Lipinski definition) is 3. The molecule has 5 heteroatoms. The highest BCUT2D eigenvalue weighted by molar-refractivity contribution is 5.75. The molecule has 29 heavy (non-hydrogen) atoms. The fraction of sp³-hybridized carbons (Fsp3) is 0.875. The molecule has 0 aliphatic heterocycles. The lowest BCUT2D eigenvalue weighted by Crippen LogP contribution is -2.60. The molecule has 3 saturated carbocycles. The Labute approximate surface area is 174 Å². The second-order valence-corrected chi connectivity index (χ2v) is 11.5. The fourth-order valence-corrected chi connectivity index (χ4v) is 7.04. The van der Waals surface area contributed by atoms with E-state index in [0.29, 0.717) is 12.8 Å². The van der Waals surface area contributed by atoms with Gasteiger partial charge in [-0.2, -0.15) is 0 Å². The summed E-state index contributed by atoms with van der Waals surface area (Å²) in [7, 11) is 0. The number of aliphatic hydroxyl groups excluding tert-OH is 2. The number of aliphatic hydroxyl groups is 3. The summed E-state index contributed by atoms with van der Waals surface area (Å²) in [5.41, 5.74) is -1.20. The Morgan fingerprint density at radius 2 is 1.93 bits per heavy atom. The molecule has 164 valence electrons. The summed E-state index contributed by atoms with van der Waals surface area (Å²) >= 11 is 0. The smallest absolute Gasteiger partial charge is 0.311 e. The summed E-state index contributed by atoms with van der Waals surface area (Å²) in [6, 6.07) is 0. The van der Waals surface area contributed by atoms with Crippen LogP contribution in [0.15, 0.2) is 11.6 Å². The van der Waals surface area contributed by atoms with Crippen molar-refractivity contribution in [1.82, 2.24) is 0 Å². The summed E-state index contributed by atoms with van der Waals surface area (Å²) in [6.45, 7) is 7.79. The minimum atomic E-state index is -0.984. The van der Waals surface area contributed by atoms with Gasteiger partial charge in [-0.15, -0.1) is 0 Å². The third-order valence-corrected chi connectivity index (χ3v) is 9.01. The number of rotatable bonds is 2. The van der Waals surface area contributed by atoms with Crippen LogP contribution in [0.5, 0.6) is 0 Å². The maximum absolute atomic E-state index is 12.6. The van der Waals surface area contributed by atoms with Crippen LogP contribution in [0.3, 0.4) is 0 Å². The van der Waals surface area contributed by atoms with Crippen molar-refractivity contribution < 1.29 is 24.9 Å². The van der Waals surface area contributed by atoms with E-state index in [9.17, 15) is 20.1 Å². The normalized spacial score (nSPS) is 46.9. The molecule has 7 atom stereocenters. The second-order valence-electron chi connectivity index (χ2n) is 11.5. The summed E-state index contributed by atoms with van der Waals surface area (Å²) in [4.78, 5) is 12.6. The third-order valence-electron chi connectivity index (χ3n) is 9.01. The molecule has 0 aromatic heterocycles. The number of carbonyl (C=O) groups is 1. The maximum atomic E-state index is 12.6. The van der Waals surface area contributed by atoms with E-state index in [1.165, 1.54) is 0 Å². The SMILES string of the molecule is CC(C)(C)C(=O)O[C@H]1CC[C@]2(O)C3=CC[C@H]4C[C@@H](O)CC[C@]4(CO)[C@H]3CC[C@]12C. The van der Waals surface area contributed by atoms with Gasteiger partial charge in [-0.05, 0) is 89.5 Å². The van der Waals surface area contributed by atoms with Crippen LogP contribution in [0.2, 0.25) is 0 Å². The van der Waals surface area contributed by atoms with E-state index in [-0.39, 0.29) is 42.0 Å². The topological polar surface area (TPSA) is 87.0 Å². The molecule has 0 saturated heterocycles. The van der Waals surface area contributed by atoms with Crippen LogP contribution >= 0.6 is 0 Å². The zero-order chi connectivity index (χ0) is 21.2. The molecule has 5 nitrogen and oxygen atoms in total. The Hall–Kier alpha value is -0.910. The van der Waals surface area contributed by atoms with E-state index in [0.717, 1.165) is 44.1 Å². The van der Waals surface area contributed by atoms with Crippen LogP contribution in [0.25, 0.3) is 0 Å². The second kappa shape index (κ2) is 6.80. The van der Waals surface area contributed by atoms with Crippen molar-refractivity contribution in [3.8, 4) is 0 Å². The Balaban J connectivity index is 1.66. The molecule has 0 heterocycles. The number of carbonyl (C=O) groups excluding carboxylic acids is 1. The molecule has 0 bridgehead atoms. The van der Waals surface area contributed by atoms with Crippen LogP contribution in [-0.4, -0.2) is 45.7 Å². The molecule has 4 aliphatic carbocycles. The van der Waals surface area contributed by atoms with Gasteiger partial charge in [-0.1, -0.05) is 13.0 Å². The van der Waals surface area contributed by atoms with E-state index in [2.05, 4.69) is 13.0 Å². The van der Waals surface area contributed by atoms with E-state index in [1.54, 1.807) is 0 Å². The minimum absolute atomic E-state index is 0.113. The monoisotopic (exact) mass is 406 g/mol. The lowest BCUT2D eigenvalue weighted by atomic mass is 9.47. The number of fused-ring (bicyclic) bond motifs is 5. The van der Waals surface area contributed by atoms with Crippen LogP contribution in [-0.2, 0) is 9.53 Å². The van der Waals surface area contributed by atoms with Gasteiger partial charge in [0.2, 0.25) is 0 Å². The highest BCUT2D eigenvalue weighted by Crippen LogP contribution is 2.66. The Bertz CT molecular complexity index is 709. The molecule has 0 amide bonds. The van der Waals surface area contributed by atoms with Gasteiger partial charge in [-0.3, -0.25) is 4.79 Å². The van der Waals surface area contributed by atoms with Crippen molar-refractivity contribution in [1.29, 1.82) is 0 Å². The zero-order valence-electron chi connectivity index (χ0n) is 18.4. The average molecular weight is 407 g/mol. The molecule has 0 radical (unpaired) electrons. The quantitative estimate of drug-likeness (QED) is 0.484. The minimum Gasteiger partial charge on any atom is -0.461 e. The number of ether oxygens (including phenoxy) is 1. The van der Waals surface area contributed by atoms with Crippen LogP contribution in [0.1, 0.15) is 79.1 Å². The van der Waals surface area contributed by atoms with Gasteiger partial charge in [0.15, 0.2) is 0 Å². The molecular formula is C24H38O5. The van der Waals surface area contributed by atoms with Crippen molar-refractivity contribution in [2.45, 2.75) is 96.9 Å². The first-order valence-corrected chi connectivity index (χ1v) is 11.4. The predicted molar refractivity (Wildman–Crippen MR) is 110 cm³/mol. The molecule has 3 N–H and O–H groups in total. The van der Waals surface area contributed by atoms with Crippen molar-refractivity contribution in [2.75, 3.05) is 6.61 Å². The van der Waals surface area contributed by atoms with Crippen molar-refractivity contribution in [2.24, 2.45) is 28.1 Å². The van der Waals surface area contributed by atoms with Gasteiger partial charge in [0.25, 0.3) is 0 Å². The Kier molecular flexibility index (Phi) is 5.00. The summed E-state index contributed by atoms with van der Waals surface area (Å²) < 4.78 is 5.96. The molecule has 0 unspecified atom stereocenters. The first kappa shape index (κ1) is 21.3. The van der Waals surface area contributed by atoms with E-state index < -0.39 is 16.4 Å². The largest absolute Gasteiger partial charge is 0.461 e. The van der Waals surface area contributed by atoms with Gasteiger partial charge in [0.05, 0.1) is 17.1 Å². The number of allylic oxidation sites excluding steroid dienone is 1. The molecule has 0 spiro atoms. The van der Waals surface area contributed by atoms with E-state index in [1.807, 2.05) is 20.8 Å². The molecule has 3 fully saturated rings. The van der Waals surface area contributed by atoms with E-state index >= 15 is 0 Å². The highest BCUT2D eigenvalue weighted by Gasteiger charge is 2.66. The average Bonchev–Trinajstić information content (AvgIpc) is 2.92. The predicted octanol–water partition coefficient (Wildman–Crippen LogP) is 3.36. The Morgan fingerprint density at radius 3 is 2.59 bits per heavy atom. The third kappa shape index (κ3) is 2.95. The number of hydrogen-bond acceptors (Lipinski definition) is 5. The standard InChI is InChI=1S/C24H38O5/c1-21(2,3)20(27)29-19-9-12-24(28)18-6-5-15-13-16(26)7-11-23(15,14-25)17(18)8-10-22(19,24)4/h6,15-17,19,25-26,28H,5,7-14H2,1-4H3/t15-,16-,17-,19-,22+,23+,24-/m0/s1. The lowest BCUT2D eigenvalue weighted by Gasteiger charge is -2.60.